The second-order valence-corrected chi connectivity index (χ2v) is 5.98. The summed E-state index contributed by atoms with van der Waals surface area (Å²) in [5, 5.41) is 5.25. The number of anilines is 2. The molecule has 0 saturated heterocycles. The van der Waals surface area contributed by atoms with Crippen LogP contribution in [-0.4, -0.2) is 19.9 Å². The summed E-state index contributed by atoms with van der Waals surface area (Å²) in [6, 6.07) is 13.8. The van der Waals surface area contributed by atoms with E-state index in [1.807, 2.05) is 47.8 Å². The van der Waals surface area contributed by atoms with Crippen molar-refractivity contribution >= 4 is 34.1 Å². The highest BCUT2D eigenvalue weighted by atomic mass is 32.1. The minimum atomic E-state index is 0.253. The summed E-state index contributed by atoms with van der Waals surface area (Å²) in [6.45, 7) is 0.537. The van der Waals surface area contributed by atoms with E-state index in [9.17, 15) is 0 Å². The molecule has 1 aromatic carbocycles. The Labute approximate surface area is 136 Å². The first kappa shape index (κ1) is 13.7. The van der Waals surface area contributed by atoms with E-state index in [1.54, 1.807) is 11.3 Å². The Balaban J connectivity index is 1.56. The zero-order valence-electron chi connectivity index (χ0n) is 12.2. The van der Waals surface area contributed by atoms with Crippen LogP contribution in [0.3, 0.4) is 0 Å². The molecule has 0 radical (unpaired) electrons. The first-order valence-corrected chi connectivity index (χ1v) is 8.02. The molecule has 0 unspecified atom stereocenters. The normalized spacial score (nSPS) is 11.0. The Hall–Kier alpha value is -2.93. The first-order valence-electron chi connectivity index (χ1n) is 7.14. The minimum absolute atomic E-state index is 0.253. The second-order valence-electron chi connectivity index (χ2n) is 5.03. The maximum atomic E-state index is 5.81. The Morgan fingerprint density at radius 3 is 2.83 bits per heavy atom. The molecular weight excluding hydrogens is 308 g/mol. The maximum Gasteiger partial charge on any atom is 0.222 e. The molecule has 3 aromatic heterocycles. The molecule has 7 heteroatoms. The molecule has 0 aliphatic carbocycles. The van der Waals surface area contributed by atoms with E-state index in [1.165, 1.54) is 0 Å². The van der Waals surface area contributed by atoms with Gasteiger partial charge in [0.05, 0.1) is 28.1 Å². The predicted molar refractivity (Wildman–Crippen MR) is 93.2 cm³/mol. The third-order valence-electron chi connectivity index (χ3n) is 3.39. The molecule has 4 N–H and O–H groups in total. The molecule has 6 nitrogen and oxygen atoms in total. The van der Waals surface area contributed by atoms with E-state index in [0.29, 0.717) is 12.4 Å². The molecule has 0 aliphatic rings. The van der Waals surface area contributed by atoms with E-state index in [-0.39, 0.29) is 5.95 Å². The lowest BCUT2D eigenvalue weighted by molar-refractivity contribution is 0.994. The summed E-state index contributed by atoms with van der Waals surface area (Å²) >= 11 is 1.62. The average molecular weight is 322 g/mol. The van der Waals surface area contributed by atoms with Gasteiger partial charge in [-0.05, 0) is 23.6 Å². The van der Waals surface area contributed by atoms with Crippen LogP contribution in [-0.2, 0) is 6.54 Å². The van der Waals surface area contributed by atoms with E-state index >= 15 is 0 Å². The number of nitrogen functional groups attached to an aromatic ring is 1. The summed E-state index contributed by atoms with van der Waals surface area (Å²) in [7, 11) is 0. The van der Waals surface area contributed by atoms with Crippen LogP contribution in [0.2, 0.25) is 0 Å². The van der Waals surface area contributed by atoms with Crippen LogP contribution >= 0.6 is 11.3 Å². The lowest BCUT2D eigenvalue weighted by Crippen LogP contribution is -2.06. The molecule has 4 rings (SSSR count). The lowest BCUT2D eigenvalue weighted by Gasteiger charge is -2.06. The number of fused-ring (bicyclic) bond motifs is 1. The van der Waals surface area contributed by atoms with E-state index in [4.69, 9.17) is 5.73 Å². The number of thiophene rings is 1. The van der Waals surface area contributed by atoms with E-state index < -0.39 is 0 Å². The molecule has 4 aromatic rings. The fourth-order valence-electron chi connectivity index (χ4n) is 2.37. The monoisotopic (exact) mass is 322 g/mol. The third-order valence-corrected chi connectivity index (χ3v) is 4.28. The number of nitrogens with one attached hydrogen (secondary N) is 2. The fourth-order valence-corrected chi connectivity index (χ4v) is 3.06. The summed E-state index contributed by atoms with van der Waals surface area (Å²) in [6.07, 6.45) is 0. The topological polar surface area (TPSA) is 92.5 Å². The van der Waals surface area contributed by atoms with Gasteiger partial charge in [0.25, 0.3) is 0 Å². The maximum absolute atomic E-state index is 5.81. The molecule has 23 heavy (non-hydrogen) atoms. The number of rotatable bonds is 4. The van der Waals surface area contributed by atoms with Gasteiger partial charge in [0.15, 0.2) is 0 Å². The number of imidazole rings is 1. The van der Waals surface area contributed by atoms with Crippen molar-refractivity contribution in [3.63, 3.8) is 0 Å². The van der Waals surface area contributed by atoms with Gasteiger partial charge in [-0.25, -0.2) is 9.97 Å². The highest BCUT2D eigenvalue weighted by Crippen LogP contribution is 2.25. The standard InChI is InChI=1S/C16H14N6S/c17-16-21-12(13-6-3-7-23-13)8-14(22-16)18-9-15-19-10-4-1-2-5-11(10)20-15/h1-8H,9H2,(H,19,20)(H3,17,18,21,22). The molecule has 0 fully saturated rings. The minimum Gasteiger partial charge on any atom is -0.368 e. The molecule has 0 atom stereocenters. The van der Waals surface area contributed by atoms with Gasteiger partial charge in [-0.1, -0.05) is 18.2 Å². The van der Waals surface area contributed by atoms with Crippen LogP contribution in [0.15, 0.2) is 47.8 Å². The Bertz CT molecular complexity index is 911. The Kier molecular flexibility index (Phi) is 3.39. The van der Waals surface area contributed by atoms with E-state index in [2.05, 4.69) is 25.3 Å². The zero-order valence-corrected chi connectivity index (χ0v) is 13.0. The van der Waals surface area contributed by atoms with Gasteiger partial charge < -0.3 is 16.0 Å². The van der Waals surface area contributed by atoms with Gasteiger partial charge >= 0.3 is 0 Å². The van der Waals surface area contributed by atoms with Gasteiger partial charge in [-0.2, -0.15) is 4.98 Å². The summed E-state index contributed by atoms with van der Waals surface area (Å²) in [5.41, 5.74) is 8.60. The lowest BCUT2D eigenvalue weighted by atomic mass is 10.3. The van der Waals surface area contributed by atoms with Crippen molar-refractivity contribution in [2.75, 3.05) is 11.1 Å². The first-order chi connectivity index (χ1) is 11.3. The SMILES string of the molecule is Nc1nc(NCc2nc3ccccc3[nH]2)cc(-c2cccs2)n1. The van der Waals surface area contributed by atoms with Crippen LogP contribution in [0.5, 0.6) is 0 Å². The number of para-hydroxylation sites is 2. The van der Waals surface area contributed by atoms with Gasteiger partial charge in [-0.3, -0.25) is 0 Å². The van der Waals surface area contributed by atoms with Crippen molar-refractivity contribution in [1.29, 1.82) is 0 Å². The molecule has 0 spiro atoms. The van der Waals surface area contributed by atoms with Crippen LogP contribution in [0.1, 0.15) is 5.82 Å². The molecule has 0 amide bonds. The number of hydrogen-bond acceptors (Lipinski definition) is 6. The number of hydrogen-bond donors (Lipinski definition) is 3. The highest BCUT2D eigenvalue weighted by molar-refractivity contribution is 7.13. The zero-order chi connectivity index (χ0) is 15.6. The Morgan fingerprint density at radius 1 is 1.09 bits per heavy atom. The molecule has 114 valence electrons. The largest absolute Gasteiger partial charge is 0.368 e. The summed E-state index contributed by atoms with van der Waals surface area (Å²) in [4.78, 5) is 17.4. The molecular formula is C16H14N6S. The number of aromatic amines is 1. The quantitative estimate of drug-likeness (QED) is 0.536. The smallest absolute Gasteiger partial charge is 0.222 e. The number of benzene rings is 1. The predicted octanol–water partition coefficient (Wildman–Crippen LogP) is 3.28. The van der Waals surface area contributed by atoms with Gasteiger partial charge in [0.1, 0.15) is 11.6 Å². The van der Waals surface area contributed by atoms with Gasteiger partial charge in [0, 0.05) is 6.07 Å². The fraction of sp³-hybridized carbons (Fsp3) is 0.0625. The highest BCUT2D eigenvalue weighted by Gasteiger charge is 2.07. The Morgan fingerprint density at radius 2 is 2.00 bits per heavy atom. The van der Waals surface area contributed by atoms with Crippen LogP contribution in [0.4, 0.5) is 11.8 Å². The average Bonchev–Trinajstić information content (AvgIpc) is 3.21. The summed E-state index contributed by atoms with van der Waals surface area (Å²) < 4.78 is 0. The number of nitrogens with zero attached hydrogens (tertiary/aromatic N) is 3. The van der Waals surface area contributed by atoms with Crippen LogP contribution < -0.4 is 11.1 Å². The van der Waals surface area contributed by atoms with E-state index in [0.717, 1.165) is 27.4 Å². The second kappa shape index (κ2) is 5.69. The molecule has 0 saturated carbocycles. The molecule has 0 bridgehead atoms. The van der Waals surface area contributed by atoms with Crippen molar-refractivity contribution in [1.82, 2.24) is 19.9 Å². The van der Waals surface area contributed by atoms with Crippen molar-refractivity contribution in [3.8, 4) is 10.6 Å². The number of H-pyrrole nitrogens is 1. The van der Waals surface area contributed by atoms with Crippen molar-refractivity contribution < 1.29 is 0 Å². The summed E-state index contributed by atoms with van der Waals surface area (Å²) in [5.74, 6) is 1.78. The number of nitrogens with two attached hydrogens (primary N) is 1. The van der Waals surface area contributed by atoms with Crippen molar-refractivity contribution in [3.05, 3.63) is 53.7 Å². The number of aromatic nitrogens is 4. The molecule has 0 aliphatic heterocycles. The molecule has 3 heterocycles. The third kappa shape index (κ3) is 2.86. The van der Waals surface area contributed by atoms with Gasteiger partial charge in [0.2, 0.25) is 5.95 Å². The van der Waals surface area contributed by atoms with Crippen molar-refractivity contribution in [2.24, 2.45) is 0 Å². The van der Waals surface area contributed by atoms with Crippen LogP contribution in [0.25, 0.3) is 21.6 Å². The van der Waals surface area contributed by atoms with Crippen LogP contribution in [0, 0.1) is 0 Å². The van der Waals surface area contributed by atoms with Crippen molar-refractivity contribution in [2.45, 2.75) is 6.54 Å². The van der Waals surface area contributed by atoms with Gasteiger partial charge in [-0.15, -0.1) is 11.3 Å².